The SMILES string of the molecule is [2H]C([2H])(c1ccc(-n2c(-c3cc(C(C)(C)C)cc(C(C)(C)C)c3O)nc3c(-c4[c-]c(-c5cc(-c6ccc(C7CCCCC7)cc6)ccn5)cc(C(C)(C)C)c4)cccc32)c(-c2ccccc2)c1)C1CCCC1.[Pt]. The first-order chi connectivity index (χ1) is 34.3. The summed E-state index contributed by atoms with van der Waals surface area (Å²) in [5, 5.41) is 12.7. The monoisotopic (exact) mass is 1120 g/mol. The molecule has 0 atom stereocenters. The zero-order valence-electron chi connectivity index (χ0n) is 45.3. The molecule has 2 fully saturated rings. The third-order valence-corrected chi connectivity index (χ3v) is 15.1. The average molecular weight is 1120 g/mol. The van der Waals surface area contributed by atoms with Crippen LogP contribution in [0.3, 0.4) is 0 Å². The number of benzene rings is 6. The van der Waals surface area contributed by atoms with Crippen molar-refractivity contribution in [3.8, 4) is 67.5 Å². The van der Waals surface area contributed by atoms with Crippen LogP contribution in [0.5, 0.6) is 5.75 Å². The molecule has 0 saturated heterocycles. The molecule has 0 unspecified atom stereocenters. The molecule has 71 heavy (non-hydrogen) atoms. The van der Waals surface area contributed by atoms with E-state index in [2.05, 4.69) is 176 Å². The van der Waals surface area contributed by atoms with Gasteiger partial charge in [0, 0.05) is 46.8 Å². The van der Waals surface area contributed by atoms with Gasteiger partial charge in [-0.15, -0.1) is 29.3 Å². The van der Waals surface area contributed by atoms with Crippen molar-refractivity contribution in [2.75, 3.05) is 0 Å². The Hall–Kier alpha value is -5.57. The van der Waals surface area contributed by atoms with Crippen LogP contribution in [0, 0.1) is 12.0 Å². The van der Waals surface area contributed by atoms with Crippen LogP contribution < -0.4 is 0 Å². The van der Waals surface area contributed by atoms with E-state index in [4.69, 9.17) is 9.97 Å². The van der Waals surface area contributed by atoms with Crippen LogP contribution in [-0.2, 0) is 43.7 Å². The zero-order chi connectivity index (χ0) is 50.7. The van der Waals surface area contributed by atoms with E-state index in [1.165, 1.54) is 43.2 Å². The van der Waals surface area contributed by atoms with Crippen LogP contribution in [0.15, 0.2) is 134 Å². The minimum atomic E-state index is -1.49. The van der Waals surface area contributed by atoms with Gasteiger partial charge in [0.25, 0.3) is 0 Å². The molecular formula is C66H72N3OPt-. The van der Waals surface area contributed by atoms with E-state index in [-0.39, 0.29) is 49.0 Å². The number of aromatic hydroxyl groups is 1. The van der Waals surface area contributed by atoms with Gasteiger partial charge in [0.2, 0.25) is 0 Å². The van der Waals surface area contributed by atoms with Gasteiger partial charge in [0.05, 0.1) is 22.3 Å². The minimum Gasteiger partial charge on any atom is -0.507 e. The molecule has 5 heteroatoms. The largest absolute Gasteiger partial charge is 0.507 e. The summed E-state index contributed by atoms with van der Waals surface area (Å²) in [6.07, 6.45) is 10.9. The van der Waals surface area contributed by atoms with Crippen LogP contribution in [0.25, 0.3) is 72.7 Å². The van der Waals surface area contributed by atoms with E-state index in [1.807, 2.05) is 30.5 Å². The molecular weight excluding hydrogens is 1050 g/mol. The fourth-order valence-electron chi connectivity index (χ4n) is 11.0. The maximum absolute atomic E-state index is 12.7. The van der Waals surface area contributed by atoms with Crippen molar-refractivity contribution < 1.29 is 28.9 Å². The van der Waals surface area contributed by atoms with Gasteiger partial charge in [-0.3, -0.25) is 9.55 Å². The van der Waals surface area contributed by atoms with Gasteiger partial charge >= 0.3 is 0 Å². The van der Waals surface area contributed by atoms with E-state index in [0.29, 0.717) is 22.9 Å². The Balaban J connectivity index is 0.00000656. The summed E-state index contributed by atoms with van der Waals surface area (Å²) in [4.78, 5) is 10.7. The predicted octanol–water partition coefficient (Wildman–Crippen LogP) is 17.9. The van der Waals surface area contributed by atoms with E-state index >= 15 is 0 Å². The van der Waals surface area contributed by atoms with Gasteiger partial charge < -0.3 is 5.11 Å². The number of hydrogen-bond donors (Lipinski definition) is 1. The molecule has 0 aliphatic heterocycles. The van der Waals surface area contributed by atoms with Gasteiger partial charge in [-0.2, -0.15) is 0 Å². The van der Waals surface area contributed by atoms with Gasteiger partial charge in [-0.25, -0.2) is 4.98 Å². The third-order valence-electron chi connectivity index (χ3n) is 15.1. The number of phenolic OH excluding ortho intramolecular Hbond substituents is 1. The molecule has 8 aromatic rings. The molecule has 2 aromatic heterocycles. The summed E-state index contributed by atoms with van der Waals surface area (Å²) in [5.41, 5.74) is 15.4. The maximum atomic E-state index is 12.7. The van der Waals surface area contributed by atoms with Crippen LogP contribution in [0.2, 0.25) is 0 Å². The van der Waals surface area contributed by atoms with Crippen molar-refractivity contribution >= 4 is 11.0 Å². The fraction of sp³-hybridized carbons (Fsp3) is 0.364. The number of aromatic nitrogens is 3. The second-order valence-electron chi connectivity index (χ2n) is 23.4. The quantitative estimate of drug-likeness (QED) is 0.147. The van der Waals surface area contributed by atoms with Crippen molar-refractivity contribution in [2.24, 2.45) is 5.92 Å². The van der Waals surface area contributed by atoms with Crippen molar-refractivity contribution in [2.45, 2.75) is 149 Å². The molecule has 4 nitrogen and oxygen atoms in total. The standard InChI is InChI=1S/C66H72N3O.Pt/c1-64(2,3)52-38-50(37-51(39-52)58-40-49(33-34-67-58)47-30-28-46(29-31-47)45-21-12-10-13-22-45)54-25-18-26-60-61(54)68-63(56-41-53(65(4,5)6)42-57(62(56)70)66(7,8)9)69(60)59-32-27-44(35-43-19-16-17-20-43)36-55(59)48-23-14-11-15-24-48;/h11,14-15,18,23-34,36,38-43,45,70H,10,12-13,16-17,19-22,35H2,1-9H3;/q-1;/i35D2;. The zero-order valence-corrected chi connectivity index (χ0v) is 45.6. The second-order valence-corrected chi connectivity index (χ2v) is 23.4. The molecule has 2 aliphatic carbocycles. The Bertz CT molecular complexity index is 3270. The normalized spacial score (nSPS) is 15.7. The summed E-state index contributed by atoms with van der Waals surface area (Å²) in [7, 11) is 0. The number of para-hydroxylation sites is 1. The van der Waals surface area contributed by atoms with E-state index in [1.54, 1.807) is 0 Å². The number of phenols is 1. The third kappa shape index (κ3) is 10.5. The predicted molar refractivity (Wildman–Crippen MR) is 294 cm³/mol. The summed E-state index contributed by atoms with van der Waals surface area (Å²) in [5.74, 6) is 1.45. The molecule has 0 radical (unpaired) electrons. The summed E-state index contributed by atoms with van der Waals surface area (Å²) < 4.78 is 21.3. The number of pyridine rings is 1. The Kier molecular flexibility index (Phi) is 13.5. The molecule has 368 valence electrons. The van der Waals surface area contributed by atoms with E-state index < -0.39 is 6.37 Å². The van der Waals surface area contributed by atoms with Gasteiger partial charge in [-0.05, 0) is 111 Å². The molecule has 10 rings (SSSR count). The Labute approximate surface area is 441 Å². The minimum absolute atomic E-state index is 0. The molecule has 0 spiro atoms. The van der Waals surface area contributed by atoms with Gasteiger partial charge in [0.15, 0.2) is 0 Å². The topological polar surface area (TPSA) is 50.9 Å². The summed E-state index contributed by atoms with van der Waals surface area (Å²) in [6, 6.07) is 49.1. The molecule has 2 saturated carbocycles. The number of rotatable bonds is 9. The Morgan fingerprint density at radius 2 is 1.28 bits per heavy atom. The van der Waals surface area contributed by atoms with Crippen molar-refractivity contribution in [3.63, 3.8) is 0 Å². The first kappa shape index (κ1) is 47.7. The van der Waals surface area contributed by atoms with E-state index in [0.717, 1.165) is 98.2 Å². The molecule has 6 aromatic carbocycles. The van der Waals surface area contributed by atoms with Crippen LogP contribution in [-0.4, -0.2) is 19.6 Å². The molecule has 2 heterocycles. The van der Waals surface area contributed by atoms with Crippen molar-refractivity contribution in [1.82, 2.24) is 14.5 Å². The van der Waals surface area contributed by atoms with Crippen LogP contribution >= 0.6 is 0 Å². The van der Waals surface area contributed by atoms with Crippen LogP contribution in [0.4, 0.5) is 0 Å². The number of nitrogens with zero attached hydrogens (tertiary/aromatic N) is 3. The molecule has 1 N–H and O–H groups in total. The summed E-state index contributed by atoms with van der Waals surface area (Å²) in [6.45, 7) is 19.9. The van der Waals surface area contributed by atoms with Crippen molar-refractivity contribution in [1.29, 1.82) is 0 Å². The maximum Gasteiger partial charge on any atom is 0.148 e. The Morgan fingerprint density at radius 1 is 0.606 bits per heavy atom. The molecule has 0 amide bonds. The first-order valence-electron chi connectivity index (χ1n) is 27.0. The fourth-order valence-corrected chi connectivity index (χ4v) is 11.0. The van der Waals surface area contributed by atoms with Gasteiger partial charge in [-0.1, -0.05) is 203 Å². The van der Waals surface area contributed by atoms with E-state index in [9.17, 15) is 7.85 Å². The smallest absolute Gasteiger partial charge is 0.148 e. The summed E-state index contributed by atoms with van der Waals surface area (Å²) >= 11 is 0. The van der Waals surface area contributed by atoms with Crippen molar-refractivity contribution in [3.05, 3.63) is 167 Å². The number of hydrogen-bond acceptors (Lipinski definition) is 3. The van der Waals surface area contributed by atoms with Gasteiger partial charge in [0.1, 0.15) is 11.6 Å². The molecule has 2 aliphatic rings. The average Bonchev–Trinajstić information content (AvgIpc) is 4.06. The number of fused-ring (bicyclic) bond motifs is 1. The number of imidazole rings is 1. The Morgan fingerprint density at radius 3 is 1.97 bits per heavy atom. The van der Waals surface area contributed by atoms with Crippen LogP contribution in [0.1, 0.15) is 157 Å². The second kappa shape index (κ2) is 20.1. The first-order valence-corrected chi connectivity index (χ1v) is 26.0. The molecule has 0 bridgehead atoms.